The number of hydrogen-bond donors (Lipinski definition) is 0. The number of carbonyl (C=O) groups excluding carboxylic acids is 1. The Hall–Kier alpha value is -1.34. The van der Waals surface area contributed by atoms with Crippen LogP contribution in [0.15, 0.2) is 18.2 Å². The molecule has 0 aromatic heterocycles. The molecule has 0 radical (unpaired) electrons. The van der Waals surface area contributed by atoms with Crippen LogP contribution >= 0.6 is 0 Å². The quantitative estimate of drug-likeness (QED) is 0.775. The number of ketones is 1. The zero-order chi connectivity index (χ0) is 15.6. The van der Waals surface area contributed by atoms with Crippen LogP contribution in [0.3, 0.4) is 0 Å². The van der Waals surface area contributed by atoms with E-state index in [9.17, 15) is 22.0 Å². The Kier molecular flexibility index (Phi) is 4.73. The second kappa shape index (κ2) is 6.19. The lowest BCUT2D eigenvalue weighted by molar-refractivity contribution is 0.0958. The van der Waals surface area contributed by atoms with Gasteiger partial charge in [-0.25, -0.2) is 17.2 Å². The molecule has 1 fully saturated rings. The fourth-order valence-corrected chi connectivity index (χ4v) is 4.24. The van der Waals surface area contributed by atoms with Crippen molar-refractivity contribution < 1.29 is 22.0 Å². The first-order valence-corrected chi connectivity index (χ1v) is 8.50. The van der Waals surface area contributed by atoms with E-state index in [-0.39, 0.29) is 29.5 Å². The van der Waals surface area contributed by atoms with E-state index < -0.39 is 27.3 Å². The van der Waals surface area contributed by atoms with Gasteiger partial charge in [-0.05, 0) is 25.6 Å². The molecule has 1 atom stereocenters. The number of Topliss-reactive ketones (excluding diaryl/α,β-unsaturated/α-hetero) is 1. The molecule has 1 aliphatic rings. The average molecular weight is 317 g/mol. The first-order valence-electron chi connectivity index (χ1n) is 6.68. The van der Waals surface area contributed by atoms with Crippen molar-refractivity contribution in [3.05, 3.63) is 35.4 Å². The van der Waals surface area contributed by atoms with Crippen LogP contribution in [0.25, 0.3) is 0 Å². The van der Waals surface area contributed by atoms with Gasteiger partial charge in [0.1, 0.15) is 0 Å². The molecule has 0 saturated carbocycles. The Balaban J connectivity index is 1.94. The summed E-state index contributed by atoms with van der Waals surface area (Å²) in [5.41, 5.74) is -0.262. The highest BCUT2D eigenvalue weighted by molar-refractivity contribution is 7.91. The van der Waals surface area contributed by atoms with Crippen LogP contribution in [0.4, 0.5) is 8.78 Å². The van der Waals surface area contributed by atoms with E-state index in [2.05, 4.69) is 0 Å². The molecule has 1 aromatic rings. The van der Waals surface area contributed by atoms with E-state index in [1.165, 1.54) is 12.1 Å². The van der Waals surface area contributed by atoms with Crippen molar-refractivity contribution >= 4 is 15.6 Å². The second-order valence-electron chi connectivity index (χ2n) is 5.31. The van der Waals surface area contributed by atoms with Crippen LogP contribution in [-0.2, 0) is 9.84 Å². The standard InChI is InChI=1S/C14H17F2NO3S/c1-17(10-6-8-21(19,20)9-10)7-5-13(18)11-3-2-4-12(15)14(11)16/h2-4,10H,5-9H2,1H3. The number of hydrogen-bond acceptors (Lipinski definition) is 4. The van der Waals surface area contributed by atoms with E-state index in [1.807, 2.05) is 0 Å². The van der Waals surface area contributed by atoms with Gasteiger partial charge in [-0.1, -0.05) is 6.07 Å². The molecule has 0 spiro atoms. The fourth-order valence-electron chi connectivity index (χ4n) is 2.44. The van der Waals surface area contributed by atoms with Crippen LogP contribution in [0.2, 0.25) is 0 Å². The summed E-state index contributed by atoms with van der Waals surface area (Å²) in [7, 11) is -1.24. The molecular weight excluding hydrogens is 300 g/mol. The zero-order valence-corrected chi connectivity index (χ0v) is 12.5. The van der Waals surface area contributed by atoms with E-state index in [4.69, 9.17) is 0 Å². The maximum Gasteiger partial charge on any atom is 0.169 e. The van der Waals surface area contributed by atoms with Gasteiger partial charge >= 0.3 is 0 Å². The van der Waals surface area contributed by atoms with Crippen molar-refractivity contribution in [1.29, 1.82) is 0 Å². The van der Waals surface area contributed by atoms with Crippen molar-refractivity contribution in [2.75, 3.05) is 25.1 Å². The Morgan fingerprint density at radius 3 is 2.71 bits per heavy atom. The van der Waals surface area contributed by atoms with E-state index in [0.717, 1.165) is 6.07 Å². The van der Waals surface area contributed by atoms with Gasteiger partial charge in [0.05, 0.1) is 17.1 Å². The summed E-state index contributed by atoms with van der Waals surface area (Å²) in [5, 5.41) is 0. The van der Waals surface area contributed by atoms with Crippen LogP contribution in [0, 0.1) is 11.6 Å². The Labute approximate surface area is 122 Å². The summed E-state index contributed by atoms with van der Waals surface area (Å²) >= 11 is 0. The summed E-state index contributed by atoms with van der Waals surface area (Å²) in [6.07, 6.45) is 0.564. The largest absolute Gasteiger partial charge is 0.302 e. The predicted octanol–water partition coefficient (Wildman–Crippen LogP) is 1.66. The lowest BCUT2D eigenvalue weighted by Gasteiger charge is -2.22. The molecule has 1 saturated heterocycles. The maximum absolute atomic E-state index is 13.5. The molecule has 0 amide bonds. The fraction of sp³-hybridized carbons (Fsp3) is 0.500. The van der Waals surface area contributed by atoms with E-state index in [1.54, 1.807) is 11.9 Å². The van der Waals surface area contributed by atoms with Crippen molar-refractivity contribution in [2.24, 2.45) is 0 Å². The third-order valence-electron chi connectivity index (χ3n) is 3.78. The highest BCUT2D eigenvalue weighted by Gasteiger charge is 2.30. The number of nitrogens with zero attached hydrogens (tertiary/aromatic N) is 1. The monoisotopic (exact) mass is 317 g/mol. The topological polar surface area (TPSA) is 54.5 Å². The Morgan fingerprint density at radius 2 is 2.10 bits per heavy atom. The average Bonchev–Trinajstić information content (AvgIpc) is 2.79. The molecule has 1 unspecified atom stereocenters. The predicted molar refractivity (Wildman–Crippen MR) is 75.0 cm³/mol. The van der Waals surface area contributed by atoms with Gasteiger partial charge in [-0.15, -0.1) is 0 Å². The first kappa shape index (κ1) is 16.0. The van der Waals surface area contributed by atoms with Crippen LogP contribution in [0.1, 0.15) is 23.2 Å². The molecule has 1 aromatic carbocycles. The summed E-state index contributed by atoms with van der Waals surface area (Å²) < 4.78 is 49.4. The SMILES string of the molecule is CN(CCC(=O)c1cccc(F)c1F)C1CCS(=O)(=O)C1. The summed E-state index contributed by atoms with van der Waals surface area (Å²) in [6.45, 7) is 0.314. The van der Waals surface area contributed by atoms with Gasteiger partial charge in [-0.2, -0.15) is 0 Å². The Morgan fingerprint density at radius 1 is 1.38 bits per heavy atom. The highest BCUT2D eigenvalue weighted by Crippen LogP contribution is 2.18. The van der Waals surface area contributed by atoms with Crippen LogP contribution in [-0.4, -0.2) is 50.2 Å². The minimum Gasteiger partial charge on any atom is -0.302 e. The number of halogens is 2. The first-order chi connectivity index (χ1) is 9.80. The van der Waals surface area contributed by atoms with Gasteiger partial charge in [-0.3, -0.25) is 4.79 Å². The van der Waals surface area contributed by atoms with Gasteiger partial charge in [0, 0.05) is 19.0 Å². The Bertz CT molecular complexity index is 646. The molecule has 21 heavy (non-hydrogen) atoms. The molecule has 4 nitrogen and oxygen atoms in total. The zero-order valence-electron chi connectivity index (χ0n) is 11.7. The van der Waals surface area contributed by atoms with Gasteiger partial charge in [0.25, 0.3) is 0 Å². The molecule has 2 rings (SSSR count). The molecule has 1 aliphatic heterocycles. The third kappa shape index (κ3) is 3.85. The second-order valence-corrected chi connectivity index (χ2v) is 7.54. The molecule has 7 heteroatoms. The minimum absolute atomic E-state index is 0.0213. The smallest absolute Gasteiger partial charge is 0.169 e. The molecular formula is C14H17F2NO3S. The highest BCUT2D eigenvalue weighted by atomic mass is 32.2. The van der Waals surface area contributed by atoms with Crippen molar-refractivity contribution in [2.45, 2.75) is 18.9 Å². The number of carbonyl (C=O) groups is 1. The molecule has 0 N–H and O–H groups in total. The van der Waals surface area contributed by atoms with Crippen molar-refractivity contribution in [1.82, 2.24) is 4.90 Å². The molecule has 0 aliphatic carbocycles. The normalized spacial score (nSPS) is 20.9. The number of benzene rings is 1. The van der Waals surface area contributed by atoms with Gasteiger partial charge in [0.15, 0.2) is 27.3 Å². The molecule has 116 valence electrons. The number of sulfone groups is 1. The van der Waals surface area contributed by atoms with E-state index >= 15 is 0 Å². The summed E-state index contributed by atoms with van der Waals surface area (Å²) in [4.78, 5) is 13.7. The number of rotatable bonds is 5. The summed E-state index contributed by atoms with van der Waals surface area (Å²) in [6, 6.07) is 3.39. The third-order valence-corrected chi connectivity index (χ3v) is 5.53. The van der Waals surface area contributed by atoms with Crippen molar-refractivity contribution in [3.63, 3.8) is 0 Å². The minimum atomic E-state index is -2.98. The van der Waals surface area contributed by atoms with Crippen LogP contribution < -0.4 is 0 Å². The van der Waals surface area contributed by atoms with Gasteiger partial charge < -0.3 is 4.90 Å². The van der Waals surface area contributed by atoms with Gasteiger partial charge in [0.2, 0.25) is 0 Å². The van der Waals surface area contributed by atoms with Crippen LogP contribution in [0.5, 0.6) is 0 Å². The lowest BCUT2D eigenvalue weighted by Crippen LogP contribution is -2.34. The molecule has 0 bridgehead atoms. The lowest BCUT2D eigenvalue weighted by atomic mass is 10.1. The van der Waals surface area contributed by atoms with E-state index in [0.29, 0.717) is 13.0 Å². The van der Waals surface area contributed by atoms with Crippen molar-refractivity contribution in [3.8, 4) is 0 Å². The maximum atomic E-state index is 13.5. The summed E-state index contributed by atoms with van der Waals surface area (Å²) in [5.74, 6) is -2.41. The molecule has 1 heterocycles.